The van der Waals surface area contributed by atoms with E-state index >= 15 is 0 Å². The summed E-state index contributed by atoms with van der Waals surface area (Å²) in [5.74, 6) is -0.209. The van der Waals surface area contributed by atoms with Crippen LogP contribution in [0.1, 0.15) is 38.7 Å². The predicted molar refractivity (Wildman–Crippen MR) is 119 cm³/mol. The van der Waals surface area contributed by atoms with Crippen molar-refractivity contribution >= 4 is 28.5 Å². The molecule has 9 heteroatoms. The summed E-state index contributed by atoms with van der Waals surface area (Å²) in [6, 6.07) is 4.54. The molecule has 0 spiro atoms. The monoisotopic (exact) mass is 458 g/mol. The van der Waals surface area contributed by atoms with Crippen LogP contribution in [0, 0.1) is 5.82 Å². The standard InChI is InChI=1S/C23H24ClFN4O3/c1-23(2,31)13-6-11-5-12(7-16(25)20(11)26-9-13)19-15(24)10-27-22(29-19)28-17-8-14-3-4-18(32-14)21(17)30/h5-7,9-10,14,17-18,21,30-31H,3-4,8H2,1-2H3,(H,27,28,29)/t14-,17-,18+,21+/m0/s1. The second-order valence-electron chi connectivity index (χ2n) is 9.05. The lowest BCUT2D eigenvalue weighted by atomic mass is 9.98. The third-order valence-electron chi connectivity index (χ3n) is 6.23. The van der Waals surface area contributed by atoms with Crippen molar-refractivity contribution in [2.24, 2.45) is 0 Å². The van der Waals surface area contributed by atoms with Gasteiger partial charge in [-0.15, -0.1) is 0 Å². The van der Waals surface area contributed by atoms with Crippen molar-refractivity contribution in [3.63, 3.8) is 0 Å². The Labute approximate surface area is 189 Å². The Bertz CT molecular complexity index is 1190. The zero-order valence-corrected chi connectivity index (χ0v) is 18.5. The van der Waals surface area contributed by atoms with E-state index in [4.69, 9.17) is 16.3 Å². The molecule has 0 radical (unpaired) electrons. The molecule has 32 heavy (non-hydrogen) atoms. The van der Waals surface area contributed by atoms with Gasteiger partial charge in [0, 0.05) is 22.7 Å². The number of aliphatic hydroxyl groups is 2. The highest BCUT2D eigenvalue weighted by atomic mass is 35.5. The van der Waals surface area contributed by atoms with Crippen LogP contribution in [-0.2, 0) is 10.3 Å². The molecular weight excluding hydrogens is 435 g/mol. The van der Waals surface area contributed by atoms with Gasteiger partial charge >= 0.3 is 0 Å². The van der Waals surface area contributed by atoms with Gasteiger partial charge in [-0.25, -0.2) is 14.4 Å². The van der Waals surface area contributed by atoms with Crippen molar-refractivity contribution in [2.75, 3.05) is 5.32 Å². The van der Waals surface area contributed by atoms with Gasteiger partial charge in [0.15, 0.2) is 0 Å². The molecule has 1 aromatic carbocycles. The maximum Gasteiger partial charge on any atom is 0.223 e. The summed E-state index contributed by atoms with van der Waals surface area (Å²) in [5.41, 5.74) is 0.490. The summed E-state index contributed by atoms with van der Waals surface area (Å²) in [6.07, 6.45) is 4.66. The first-order chi connectivity index (χ1) is 15.2. The van der Waals surface area contributed by atoms with Crippen LogP contribution in [0.25, 0.3) is 22.2 Å². The lowest BCUT2D eigenvalue weighted by Gasteiger charge is -2.33. The van der Waals surface area contributed by atoms with Crippen LogP contribution >= 0.6 is 11.6 Å². The minimum atomic E-state index is -1.11. The Morgan fingerprint density at radius 1 is 1.19 bits per heavy atom. The van der Waals surface area contributed by atoms with Crippen molar-refractivity contribution in [3.05, 3.63) is 47.0 Å². The molecule has 4 heterocycles. The zero-order valence-electron chi connectivity index (χ0n) is 17.7. The number of nitrogens with zero attached hydrogens (tertiary/aromatic N) is 3. The van der Waals surface area contributed by atoms with Gasteiger partial charge in [0.05, 0.1) is 40.8 Å². The van der Waals surface area contributed by atoms with E-state index < -0.39 is 17.5 Å². The smallest absolute Gasteiger partial charge is 0.223 e. The second-order valence-corrected chi connectivity index (χ2v) is 9.46. The molecule has 0 saturated carbocycles. The van der Waals surface area contributed by atoms with E-state index in [1.165, 1.54) is 18.5 Å². The summed E-state index contributed by atoms with van der Waals surface area (Å²) in [5, 5.41) is 24.8. The van der Waals surface area contributed by atoms with Crippen molar-refractivity contribution < 1.29 is 19.3 Å². The SMILES string of the molecule is CC(C)(O)c1cnc2c(F)cc(-c3nc(N[C@H]4C[C@@H]5CC[C@@H](O5)[C@@H]4O)ncc3Cl)cc2c1. The van der Waals surface area contributed by atoms with Gasteiger partial charge in [-0.2, -0.15) is 0 Å². The van der Waals surface area contributed by atoms with E-state index in [1.54, 1.807) is 26.0 Å². The molecule has 4 atom stereocenters. The number of anilines is 1. The van der Waals surface area contributed by atoms with E-state index in [0.29, 0.717) is 34.6 Å². The highest BCUT2D eigenvalue weighted by molar-refractivity contribution is 6.33. The Balaban J connectivity index is 1.50. The normalized spacial score (nSPS) is 25.3. The number of pyridine rings is 1. The largest absolute Gasteiger partial charge is 0.388 e. The summed E-state index contributed by atoms with van der Waals surface area (Å²) in [7, 11) is 0. The van der Waals surface area contributed by atoms with Crippen LogP contribution in [-0.4, -0.2) is 49.5 Å². The quantitative estimate of drug-likeness (QED) is 0.546. The molecule has 0 aliphatic carbocycles. The molecule has 0 amide bonds. The number of fused-ring (bicyclic) bond motifs is 3. The average Bonchev–Trinajstić information content (AvgIpc) is 3.15. The molecule has 3 N–H and O–H groups in total. The Kier molecular flexibility index (Phi) is 5.28. The van der Waals surface area contributed by atoms with Crippen molar-refractivity contribution in [1.82, 2.24) is 15.0 Å². The van der Waals surface area contributed by atoms with E-state index in [-0.39, 0.29) is 28.8 Å². The van der Waals surface area contributed by atoms with Gasteiger partial charge in [0.1, 0.15) is 17.4 Å². The fourth-order valence-corrected chi connectivity index (χ4v) is 4.67. The minimum Gasteiger partial charge on any atom is -0.388 e. The van der Waals surface area contributed by atoms with Crippen LogP contribution in [0.4, 0.5) is 10.3 Å². The van der Waals surface area contributed by atoms with Crippen LogP contribution in [0.15, 0.2) is 30.6 Å². The number of benzene rings is 1. The van der Waals surface area contributed by atoms with Gasteiger partial charge in [0.25, 0.3) is 0 Å². The molecule has 2 aliphatic heterocycles. The van der Waals surface area contributed by atoms with E-state index in [9.17, 15) is 14.6 Å². The van der Waals surface area contributed by atoms with E-state index in [1.807, 2.05) is 0 Å². The predicted octanol–water partition coefficient (Wildman–Crippen LogP) is 3.80. The fourth-order valence-electron chi connectivity index (χ4n) is 4.47. The van der Waals surface area contributed by atoms with Gasteiger partial charge in [-0.1, -0.05) is 11.6 Å². The molecule has 2 bridgehead atoms. The third kappa shape index (κ3) is 3.92. The zero-order chi connectivity index (χ0) is 22.6. The lowest BCUT2D eigenvalue weighted by molar-refractivity contribution is -0.0811. The number of hydrogen-bond donors (Lipinski definition) is 3. The first-order valence-electron chi connectivity index (χ1n) is 10.6. The van der Waals surface area contributed by atoms with Crippen molar-refractivity contribution in [1.29, 1.82) is 0 Å². The van der Waals surface area contributed by atoms with Crippen LogP contribution in [0.5, 0.6) is 0 Å². The van der Waals surface area contributed by atoms with Gasteiger partial charge in [-0.3, -0.25) is 4.98 Å². The molecule has 2 saturated heterocycles. The van der Waals surface area contributed by atoms with Gasteiger partial charge in [-0.05, 0) is 51.3 Å². The van der Waals surface area contributed by atoms with Crippen LogP contribution in [0.2, 0.25) is 5.02 Å². The lowest BCUT2D eigenvalue weighted by Crippen LogP contribution is -2.47. The van der Waals surface area contributed by atoms with E-state index in [2.05, 4.69) is 20.3 Å². The highest BCUT2D eigenvalue weighted by Gasteiger charge is 2.42. The number of halogens is 2. The van der Waals surface area contributed by atoms with Gasteiger partial charge < -0.3 is 20.3 Å². The summed E-state index contributed by atoms with van der Waals surface area (Å²) < 4.78 is 20.6. The molecule has 2 aliphatic rings. The maximum absolute atomic E-state index is 14.8. The number of ether oxygens (including phenoxy) is 1. The average molecular weight is 459 g/mol. The number of aromatic nitrogens is 3. The Morgan fingerprint density at radius 2 is 2.00 bits per heavy atom. The summed E-state index contributed by atoms with van der Waals surface area (Å²) in [4.78, 5) is 12.9. The molecule has 2 fully saturated rings. The van der Waals surface area contributed by atoms with Gasteiger partial charge in [0.2, 0.25) is 5.95 Å². The molecule has 3 aromatic rings. The molecule has 5 rings (SSSR count). The number of nitrogens with one attached hydrogen (secondary N) is 1. The number of hydrogen-bond acceptors (Lipinski definition) is 7. The third-order valence-corrected chi connectivity index (χ3v) is 6.50. The number of rotatable bonds is 4. The summed E-state index contributed by atoms with van der Waals surface area (Å²) >= 11 is 6.37. The van der Waals surface area contributed by atoms with Crippen molar-refractivity contribution in [2.45, 2.75) is 63.1 Å². The second kappa shape index (κ2) is 7.88. The molecule has 2 aromatic heterocycles. The Hall–Kier alpha value is -2.39. The summed E-state index contributed by atoms with van der Waals surface area (Å²) in [6.45, 7) is 3.29. The van der Waals surface area contributed by atoms with Crippen LogP contribution in [0.3, 0.4) is 0 Å². The fraction of sp³-hybridized carbons (Fsp3) is 0.435. The molecule has 0 unspecified atom stereocenters. The Morgan fingerprint density at radius 3 is 2.78 bits per heavy atom. The molecule has 7 nitrogen and oxygen atoms in total. The first kappa shape index (κ1) is 21.5. The number of aliphatic hydroxyl groups excluding tert-OH is 1. The minimum absolute atomic E-state index is 0.125. The van der Waals surface area contributed by atoms with Crippen molar-refractivity contribution in [3.8, 4) is 11.3 Å². The molecular formula is C23H24ClFN4O3. The first-order valence-corrected chi connectivity index (χ1v) is 11.0. The maximum atomic E-state index is 14.8. The van der Waals surface area contributed by atoms with E-state index in [0.717, 1.165) is 12.8 Å². The highest BCUT2D eigenvalue weighted by Crippen LogP contribution is 2.35. The topological polar surface area (TPSA) is 100 Å². The molecule has 168 valence electrons. The van der Waals surface area contributed by atoms with Crippen LogP contribution < -0.4 is 5.32 Å².